The highest BCUT2D eigenvalue weighted by atomic mass is 16.6. The first-order valence-corrected chi connectivity index (χ1v) is 14.9. The molecule has 0 radical (unpaired) electrons. The van der Waals surface area contributed by atoms with Crippen LogP contribution in [0.3, 0.4) is 0 Å². The molecule has 238 valence electrons. The fourth-order valence-electron chi connectivity index (χ4n) is 5.65. The van der Waals surface area contributed by atoms with Crippen LogP contribution < -0.4 is 16.0 Å². The number of aliphatic hydroxyl groups excluding tert-OH is 2. The molecule has 7 unspecified atom stereocenters. The molecule has 0 aliphatic carbocycles. The summed E-state index contributed by atoms with van der Waals surface area (Å²) in [6, 6.07) is -3.15. The lowest BCUT2D eigenvalue weighted by Gasteiger charge is -2.37. The van der Waals surface area contributed by atoms with Gasteiger partial charge >= 0.3 is 0 Å². The molecule has 43 heavy (non-hydrogen) atoms. The second-order valence-electron chi connectivity index (χ2n) is 11.2. The fraction of sp³-hybridized carbons (Fsp3) is 0.633. The zero-order chi connectivity index (χ0) is 31.7. The van der Waals surface area contributed by atoms with E-state index < -0.39 is 66.3 Å². The average Bonchev–Trinajstić information content (AvgIpc) is 3.67. The zero-order valence-corrected chi connectivity index (χ0v) is 25.2. The summed E-state index contributed by atoms with van der Waals surface area (Å²) in [6.07, 6.45) is 6.56. The van der Waals surface area contributed by atoms with Crippen LogP contribution in [0, 0.1) is 0 Å². The Balaban J connectivity index is 1.49. The van der Waals surface area contributed by atoms with Gasteiger partial charge in [-0.15, -0.1) is 0 Å². The van der Waals surface area contributed by atoms with E-state index in [4.69, 9.17) is 4.74 Å². The van der Waals surface area contributed by atoms with Crippen molar-refractivity contribution in [1.29, 1.82) is 0 Å². The second-order valence-corrected chi connectivity index (χ2v) is 11.2. The van der Waals surface area contributed by atoms with Gasteiger partial charge < -0.3 is 40.7 Å². The second kappa shape index (κ2) is 15.8. The predicted octanol–water partition coefficient (Wildman–Crippen LogP) is -0.359. The average molecular weight is 604 g/mol. The smallest absolute Gasteiger partial charge is 0.243 e. The lowest BCUT2D eigenvalue weighted by Crippen LogP contribution is -2.58. The van der Waals surface area contributed by atoms with E-state index in [2.05, 4.69) is 22.5 Å². The van der Waals surface area contributed by atoms with Gasteiger partial charge in [0.25, 0.3) is 0 Å². The summed E-state index contributed by atoms with van der Waals surface area (Å²) in [6.45, 7) is 9.10. The van der Waals surface area contributed by atoms with Gasteiger partial charge in [-0.3, -0.25) is 24.0 Å². The molecular weight excluding hydrogens is 558 g/mol. The Kier molecular flexibility index (Phi) is 12.5. The summed E-state index contributed by atoms with van der Waals surface area (Å²) >= 11 is 0. The number of nitrogens with one attached hydrogen (secondary N) is 3. The SMILES string of the molecule is C=C/C(=C\C=C/C)CC(=O)N1CCCC1C(=O)NC(C)C(=O)NCC(=O)N1CCCC1C(=O)NC1CC(O)OC(C)C1O. The van der Waals surface area contributed by atoms with Crippen LogP contribution in [0.15, 0.2) is 36.5 Å². The highest BCUT2D eigenvalue weighted by Gasteiger charge is 2.40. The van der Waals surface area contributed by atoms with Crippen molar-refractivity contribution >= 4 is 29.5 Å². The van der Waals surface area contributed by atoms with Gasteiger partial charge in [0.05, 0.1) is 25.1 Å². The molecule has 3 rings (SSSR count). The molecule has 0 aromatic heterocycles. The molecule has 0 spiro atoms. The quantitative estimate of drug-likeness (QED) is 0.199. The third-order valence-electron chi connectivity index (χ3n) is 8.09. The molecule has 13 heteroatoms. The molecule has 3 heterocycles. The highest BCUT2D eigenvalue weighted by molar-refractivity contribution is 5.94. The van der Waals surface area contributed by atoms with Crippen molar-refractivity contribution in [3.05, 3.63) is 36.5 Å². The largest absolute Gasteiger partial charge is 0.388 e. The molecule has 0 saturated carbocycles. The van der Waals surface area contributed by atoms with E-state index in [0.717, 1.165) is 5.57 Å². The van der Waals surface area contributed by atoms with Crippen LogP contribution in [0.5, 0.6) is 0 Å². The first-order valence-electron chi connectivity index (χ1n) is 14.9. The number of hydrogen-bond acceptors (Lipinski definition) is 8. The number of likely N-dealkylation sites (tertiary alicyclic amines) is 2. The Morgan fingerprint density at radius 1 is 1.02 bits per heavy atom. The van der Waals surface area contributed by atoms with E-state index in [9.17, 15) is 34.2 Å². The van der Waals surface area contributed by atoms with Gasteiger partial charge in [0.2, 0.25) is 29.5 Å². The fourth-order valence-corrected chi connectivity index (χ4v) is 5.65. The Morgan fingerprint density at radius 3 is 2.28 bits per heavy atom. The number of ether oxygens (including phenoxy) is 1. The number of nitrogens with zero attached hydrogens (tertiary/aromatic N) is 2. The minimum atomic E-state index is -1.12. The summed E-state index contributed by atoms with van der Waals surface area (Å²) in [5.74, 6) is -2.12. The van der Waals surface area contributed by atoms with E-state index in [-0.39, 0.29) is 25.3 Å². The number of aliphatic hydroxyl groups is 2. The van der Waals surface area contributed by atoms with Crippen LogP contribution in [0.25, 0.3) is 0 Å². The molecule has 5 amide bonds. The van der Waals surface area contributed by atoms with E-state index in [1.807, 2.05) is 19.1 Å². The van der Waals surface area contributed by atoms with Crippen molar-refractivity contribution in [2.24, 2.45) is 0 Å². The summed E-state index contributed by atoms with van der Waals surface area (Å²) in [7, 11) is 0. The lowest BCUT2D eigenvalue weighted by atomic mass is 9.99. The third kappa shape index (κ3) is 8.97. The van der Waals surface area contributed by atoms with Crippen LogP contribution in [0.2, 0.25) is 0 Å². The monoisotopic (exact) mass is 603 g/mol. The lowest BCUT2D eigenvalue weighted by molar-refractivity contribution is -0.203. The number of rotatable bonds is 11. The number of carbonyl (C=O) groups excluding carboxylic acids is 5. The van der Waals surface area contributed by atoms with Gasteiger partial charge in [-0.05, 0) is 52.0 Å². The predicted molar refractivity (Wildman–Crippen MR) is 157 cm³/mol. The molecule has 0 aromatic carbocycles. The van der Waals surface area contributed by atoms with Crippen LogP contribution >= 0.6 is 0 Å². The molecule has 0 bridgehead atoms. The van der Waals surface area contributed by atoms with Crippen molar-refractivity contribution in [2.75, 3.05) is 19.6 Å². The molecule has 5 N–H and O–H groups in total. The Morgan fingerprint density at radius 2 is 1.65 bits per heavy atom. The maximum absolute atomic E-state index is 13.0. The van der Waals surface area contributed by atoms with Crippen LogP contribution in [0.4, 0.5) is 0 Å². The number of hydrogen-bond donors (Lipinski definition) is 5. The minimum Gasteiger partial charge on any atom is -0.388 e. The number of amides is 5. The first-order chi connectivity index (χ1) is 20.5. The van der Waals surface area contributed by atoms with Crippen molar-refractivity contribution in [2.45, 2.75) is 102 Å². The highest BCUT2D eigenvalue weighted by Crippen LogP contribution is 2.22. The molecule has 3 fully saturated rings. The van der Waals surface area contributed by atoms with Crippen molar-refractivity contribution in [1.82, 2.24) is 25.8 Å². The molecule has 3 saturated heterocycles. The van der Waals surface area contributed by atoms with E-state index in [1.165, 1.54) is 16.7 Å². The van der Waals surface area contributed by atoms with Gasteiger partial charge in [-0.25, -0.2) is 0 Å². The van der Waals surface area contributed by atoms with Gasteiger partial charge in [0.15, 0.2) is 6.29 Å². The Hall–Kier alpha value is -3.55. The van der Waals surface area contributed by atoms with Gasteiger partial charge in [0, 0.05) is 19.5 Å². The summed E-state index contributed by atoms with van der Waals surface area (Å²) < 4.78 is 5.17. The van der Waals surface area contributed by atoms with E-state index in [1.54, 1.807) is 19.1 Å². The van der Waals surface area contributed by atoms with Gasteiger partial charge in [-0.2, -0.15) is 0 Å². The topological polar surface area (TPSA) is 178 Å². The molecule has 3 aliphatic rings. The Bertz CT molecular complexity index is 1120. The summed E-state index contributed by atoms with van der Waals surface area (Å²) in [4.78, 5) is 67.5. The van der Waals surface area contributed by atoms with Gasteiger partial charge in [0.1, 0.15) is 24.2 Å². The maximum Gasteiger partial charge on any atom is 0.243 e. The van der Waals surface area contributed by atoms with Crippen molar-refractivity contribution in [3.63, 3.8) is 0 Å². The normalized spacial score (nSPS) is 28.4. The van der Waals surface area contributed by atoms with Crippen LogP contribution in [0.1, 0.15) is 59.3 Å². The van der Waals surface area contributed by atoms with Crippen molar-refractivity contribution < 1.29 is 38.9 Å². The summed E-state index contributed by atoms with van der Waals surface area (Å²) in [5, 5.41) is 28.1. The number of allylic oxidation sites excluding steroid dienone is 4. The van der Waals surface area contributed by atoms with Crippen molar-refractivity contribution in [3.8, 4) is 0 Å². The van der Waals surface area contributed by atoms with E-state index >= 15 is 0 Å². The molecule has 0 aromatic rings. The minimum absolute atomic E-state index is 0.0216. The zero-order valence-electron chi connectivity index (χ0n) is 25.2. The Labute approximate surface area is 252 Å². The maximum atomic E-state index is 13.0. The molecule has 7 atom stereocenters. The van der Waals surface area contributed by atoms with E-state index in [0.29, 0.717) is 38.8 Å². The van der Waals surface area contributed by atoms with Crippen LogP contribution in [-0.2, 0) is 28.7 Å². The number of carbonyl (C=O) groups is 5. The van der Waals surface area contributed by atoms with Gasteiger partial charge in [-0.1, -0.05) is 30.9 Å². The third-order valence-corrected chi connectivity index (χ3v) is 8.09. The molecular formula is C30H45N5O8. The summed E-state index contributed by atoms with van der Waals surface area (Å²) in [5.41, 5.74) is 0.735. The standard InChI is InChI=1S/C30H45N5O8/c1-5-7-10-20(6-2)15-24(36)34-13-8-11-22(34)29(41)32-18(3)28(40)31-17-25(37)35-14-9-12-23(35)30(42)33-21-16-26(38)43-19(4)27(21)39/h5-7,10,18-19,21-23,26-27,38-39H,2,8-9,11-17H2,1,3-4H3,(H,31,40)(H,32,41)(H,33,42)/b7-5-,20-10+. The van der Waals surface area contributed by atoms with Crippen LogP contribution in [-0.4, -0.2) is 112 Å². The molecule has 3 aliphatic heterocycles. The first kappa shape index (κ1) is 33.9. The molecule has 13 nitrogen and oxygen atoms in total.